The maximum absolute atomic E-state index is 13.9. The van der Waals surface area contributed by atoms with E-state index in [1.807, 2.05) is 52.8 Å². The summed E-state index contributed by atoms with van der Waals surface area (Å²) < 4.78 is 41.6. The SMILES string of the molecule is CCOc1cc(C(=O)N(c2ccc(C)c(C)c2)[C@@H]2C=CS(=O)(=O)C2)cc(OCC)c1OCC. The molecule has 1 amide bonds. The molecule has 3 rings (SSSR count). The van der Waals surface area contributed by atoms with E-state index < -0.39 is 15.9 Å². The molecule has 7 nitrogen and oxygen atoms in total. The predicted octanol–water partition coefficient (Wildman–Crippen LogP) is 4.46. The third kappa shape index (κ3) is 5.50. The Morgan fingerprint density at radius 3 is 2.03 bits per heavy atom. The van der Waals surface area contributed by atoms with Gasteiger partial charge in [-0.2, -0.15) is 0 Å². The van der Waals surface area contributed by atoms with E-state index in [1.54, 1.807) is 18.2 Å². The van der Waals surface area contributed by atoms with Crippen molar-refractivity contribution >= 4 is 21.4 Å². The van der Waals surface area contributed by atoms with Crippen LogP contribution in [0.2, 0.25) is 0 Å². The maximum Gasteiger partial charge on any atom is 0.259 e. The van der Waals surface area contributed by atoms with Crippen LogP contribution >= 0.6 is 0 Å². The van der Waals surface area contributed by atoms with Gasteiger partial charge in [-0.15, -0.1) is 0 Å². The lowest BCUT2D eigenvalue weighted by atomic mass is 10.1. The van der Waals surface area contributed by atoms with Crippen molar-refractivity contribution in [1.82, 2.24) is 0 Å². The van der Waals surface area contributed by atoms with Crippen LogP contribution in [0.15, 0.2) is 41.8 Å². The normalized spacial score (nSPS) is 16.5. The Morgan fingerprint density at radius 2 is 1.55 bits per heavy atom. The van der Waals surface area contributed by atoms with Crippen LogP contribution in [0.3, 0.4) is 0 Å². The van der Waals surface area contributed by atoms with E-state index in [1.165, 1.54) is 10.3 Å². The summed E-state index contributed by atoms with van der Waals surface area (Å²) in [6.07, 6.45) is 1.56. The van der Waals surface area contributed by atoms with E-state index >= 15 is 0 Å². The topological polar surface area (TPSA) is 82.1 Å². The van der Waals surface area contributed by atoms with Crippen LogP contribution in [0.1, 0.15) is 42.3 Å². The fourth-order valence-electron chi connectivity index (χ4n) is 3.71. The largest absolute Gasteiger partial charge is 0.490 e. The molecule has 0 N–H and O–H groups in total. The lowest BCUT2D eigenvalue weighted by molar-refractivity contribution is 0.0982. The van der Waals surface area contributed by atoms with Crippen molar-refractivity contribution in [2.24, 2.45) is 0 Å². The van der Waals surface area contributed by atoms with E-state index in [9.17, 15) is 13.2 Å². The number of carbonyl (C=O) groups excluding carboxylic acids is 1. The number of hydrogen-bond acceptors (Lipinski definition) is 6. The fraction of sp³-hybridized carbons (Fsp3) is 0.400. The van der Waals surface area contributed by atoms with Gasteiger partial charge in [-0.1, -0.05) is 6.07 Å². The van der Waals surface area contributed by atoms with Gasteiger partial charge >= 0.3 is 0 Å². The van der Waals surface area contributed by atoms with Crippen LogP contribution in [0.5, 0.6) is 17.2 Å². The molecular weight excluding hydrogens is 442 g/mol. The molecule has 178 valence electrons. The summed E-state index contributed by atoms with van der Waals surface area (Å²) in [5.41, 5.74) is 3.03. The molecule has 0 unspecified atom stereocenters. The third-order valence-corrected chi connectivity index (χ3v) is 6.76. The van der Waals surface area contributed by atoms with E-state index in [0.29, 0.717) is 48.3 Å². The van der Waals surface area contributed by atoms with Crippen LogP contribution < -0.4 is 19.1 Å². The molecule has 0 radical (unpaired) electrons. The summed E-state index contributed by atoms with van der Waals surface area (Å²) >= 11 is 0. The molecule has 0 aliphatic carbocycles. The second-order valence-electron chi connectivity index (χ2n) is 7.77. The molecule has 0 aromatic heterocycles. The van der Waals surface area contributed by atoms with E-state index in [4.69, 9.17) is 14.2 Å². The van der Waals surface area contributed by atoms with Crippen molar-refractivity contribution in [3.05, 3.63) is 58.5 Å². The maximum atomic E-state index is 13.9. The molecule has 1 aliphatic rings. The minimum absolute atomic E-state index is 0.167. The minimum Gasteiger partial charge on any atom is -0.490 e. The van der Waals surface area contributed by atoms with Gasteiger partial charge in [0.2, 0.25) is 5.75 Å². The Morgan fingerprint density at radius 1 is 0.939 bits per heavy atom. The minimum atomic E-state index is -3.37. The first-order valence-electron chi connectivity index (χ1n) is 11.1. The summed E-state index contributed by atoms with van der Waals surface area (Å²) in [7, 11) is -3.37. The zero-order chi connectivity index (χ0) is 24.2. The zero-order valence-electron chi connectivity index (χ0n) is 19.8. The number of amides is 1. The highest BCUT2D eigenvalue weighted by atomic mass is 32.2. The van der Waals surface area contributed by atoms with Crippen molar-refractivity contribution in [1.29, 1.82) is 0 Å². The number of carbonyl (C=O) groups is 1. The van der Waals surface area contributed by atoms with Gasteiger partial charge < -0.3 is 19.1 Å². The predicted molar refractivity (Wildman–Crippen MR) is 129 cm³/mol. The summed E-state index contributed by atoms with van der Waals surface area (Å²) in [6.45, 7) is 10.7. The molecular formula is C25H31NO6S. The molecule has 1 aliphatic heterocycles. The molecule has 0 bridgehead atoms. The van der Waals surface area contributed by atoms with E-state index in [-0.39, 0.29) is 11.7 Å². The number of sulfone groups is 1. The Labute approximate surface area is 195 Å². The standard InChI is InChI=1S/C25H31NO6S/c1-6-30-22-14-19(15-23(31-7-2)24(22)32-8-3)25(27)26(21-11-12-33(28,29)16-21)20-10-9-17(4)18(5)13-20/h9-15,21H,6-8,16H2,1-5H3/t21-/m1/s1. The molecule has 33 heavy (non-hydrogen) atoms. The fourth-order valence-corrected chi connectivity index (χ4v) is 4.97. The van der Waals surface area contributed by atoms with Gasteiger partial charge in [0.1, 0.15) is 0 Å². The third-order valence-electron chi connectivity index (χ3n) is 5.39. The number of ether oxygens (including phenoxy) is 3. The van der Waals surface area contributed by atoms with Crippen LogP contribution in [-0.4, -0.2) is 45.9 Å². The zero-order valence-corrected chi connectivity index (χ0v) is 20.6. The number of benzene rings is 2. The lowest BCUT2D eigenvalue weighted by Gasteiger charge is -2.29. The first-order chi connectivity index (χ1) is 15.7. The first-order valence-corrected chi connectivity index (χ1v) is 12.8. The van der Waals surface area contributed by atoms with Crippen molar-refractivity contribution < 1.29 is 27.4 Å². The van der Waals surface area contributed by atoms with Gasteiger partial charge in [-0.25, -0.2) is 8.42 Å². The molecule has 0 saturated heterocycles. The highest BCUT2D eigenvalue weighted by molar-refractivity contribution is 7.94. The van der Waals surface area contributed by atoms with Crippen LogP contribution in [-0.2, 0) is 9.84 Å². The highest BCUT2D eigenvalue weighted by Gasteiger charge is 2.33. The summed E-state index contributed by atoms with van der Waals surface area (Å²) in [5.74, 6) is 0.736. The van der Waals surface area contributed by atoms with Crippen molar-refractivity contribution in [3.8, 4) is 17.2 Å². The molecule has 1 heterocycles. The van der Waals surface area contributed by atoms with Crippen molar-refractivity contribution in [3.63, 3.8) is 0 Å². The Hall–Kier alpha value is -3.00. The molecule has 2 aromatic carbocycles. The second kappa shape index (κ2) is 10.3. The van der Waals surface area contributed by atoms with Gasteiger partial charge in [0.15, 0.2) is 21.3 Å². The number of aryl methyl sites for hydroxylation is 2. The second-order valence-corrected chi connectivity index (χ2v) is 9.70. The van der Waals surface area contributed by atoms with Crippen molar-refractivity contribution in [2.75, 3.05) is 30.5 Å². The lowest BCUT2D eigenvalue weighted by Crippen LogP contribution is -2.41. The van der Waals surface area contributed by atoms with Gasteiger partial charge in [0, 0.05) is 16.7 Å². The Kier molecular flexibility index (Phi) is 7.68. The van der Waals surface area contributed by atoms with Crippen molar-refractivity contribution in [2.45, 2.75) is 40.7 Å². The molecule has 0 spiro atoms. The average Bonchev–Trinajstić information content (AvgIpc) is 3.12. The van der Waals surface area contributed by atoms with Gasteiger partial charge in [-0.05, 0) is 76.1 Å². The summed E-state index contributed by atoms with van der Waals surface area (Å²) in [4.78, 5) is 15.4. The Bertz CT molecular complexity index is 1130. The average molecular weight is 474 g/mol. The quantitative estimate of drug-likeness (QED) is 0.535. The molecule has 2 aromatic rings. The molecule has 8 heteroatoms. The molecule has 1 atom stereocenters. The highest BCUT2D eigenvalue weighted by Crippen LogP contribution is 2.40. The van der Waals surface area contributed by atoms with Crippen LogP contribution in [0.4, 0.5) is 5.69 Å². The smallest absolute Gasteiger partial charge is 0.259 e. The summed E-state index contributed by atoms with van der Waals surface area (Å²) in [6, 6.07) is 8.28. The summed E-state index contributed by atoms with van der Waals surface area (Å²) in [5, 5.41) is 1.18. The number of anilines is 1. The monoisotopic (exact) mass is 473 g/mol. The van der Waals surface area contributed by atoms with Crippen LogP contribution in [0.25, 0.3) is 0 Å². The van der Waals surface area contributed by atoms with E-state index in [2.05, 4.69) is 0 Å². The molecule has 0 saturated carbocycles. The number of nitrogens with zero attached hydrogens (tertiary/aromatic N) is 1. The number of hydrogen-bond donors (Lipinski definition) is 0. The number of rotatable bonds is 9. The van der Waals surface area contributed by atoms with Gasteiger partial charge in [-0.3, -0.25) is 4.79 Å². The van der Waals surface area contributed by atoms with E-state index in [0.717, 1.165) is 11.1 Å². The van der Waals surface area contributed by atoms with Crippen LogP contribution in [0, 0.1) is 13.8 Å². The van der Waals surface area contributed by atoms with Gasteiger partial charge in [0.25, 0.3) is 5.91 Å². The Balaban J connectivity index is 2.13. The van der Waals surface area contributed by atoms with Gasteiger partial charge in [0.05, 0.1) is 31.6 Å². The first kappa shape index (κ1) is 24.6. The molecule has 0 fully saturated rings.